The van der Waals surface area contributed by atoms with Crippen LogP contribution < -0.4 is 10.7 Å². The average Bonchev–Trinajstić information content (AvgIpc) is 3.56. The number of furan rings is 1. The highest BCUT2D eigenvalue weighted by Gasteiger charge is 2.09. The van der Waals surface area contributed by atoms with Crippen molar-refractivity contribution in [1.82, 2.24) is 10.4 Å². The van der Waals surface area contributed by atoms with Crippen LogP contribution in [0.5, 0.6) is 0 Å². The minimum atomic E-state index is -0.344. The van der Waals surface area contributed by atoms with Gasteiger partial charge in [0, 0.05) is 27.8 Å². The van der Waals surface area contributed by atoms with Crippen molar-refractivity contribution in [2.75, 3.05) is 5.32 Å². The van der Waals surface area contributed by atoms with Gasteiger partial charge < -0.3 is 9.73 Å². The van der Waals surface area contributed by atoms with Crippen molar-refractivity contribution in [3.8, 4) is 22.6 Å². The lowest BCUT2D eigenvalue weighted by Gasteiger charge is -2.03. The maximum Gasteiger partial charge on any atom is 0.271 e. The SMILES string of the molecule is Cc1ccc(Nc2nc(-c3ccc(C(=O)N/N=C\c4ccc(-c5ccc(F)cc5)o4)cc3)cs2)cc1. The number of hydrogen-bond donors (Lipinski definition) is 2. The molecular formula is C28H21FN4O2S. The van der Waals surface area contributed by atoms with Gasteiger partial charge in [-0.05, 0) is 67.6 Å². The Labute approximate surface area is 211 Å². The standard InChI is InChI=1S/C28H21FN4O2S/c1-18-2-12-23(13-3-18)31-28-32-25(17-36-28)19-4-6-21(7-5-19)27(34)33-30-16-24-14-15-26(35-24)20-8-10-22(29)11-9-20/h2-17H,1H3,(H,31,32)(H,33,34)/b30-16-. The minimum absolute atomic E-state index is 0.311. The van der Waals surface area contributed by atoms with Gasteiger partial charge in [-0.15, -0.1) is 11.3 Å². The molecule has 0 radical (unpaired) electrons. The van der Waals surface area contributed by atoms with Crippen LogP contribution in [0.1, 0.15) is 21.7 Å². The van der Waals surface area contributed by atoms with Crippen LogP contribution >= 0.6 is 11.3 Å². The van der Waals surface area contributed by atoms with Gasteiger partial charge >= 0.3 is 0 Å². The molecular weight excluding hydrogens is 475 g/mol. The molecule has 0 bridgehead atoms. The van der Waals surface area contributed by atoms with Gasteiger partial charge in [0.2, 0.25) is 0 Å². The first-order valence-corrected chi connectivity index (χ1v) is 12.0. The van der Waals surface area contributed by atoms with E-state index < -0.39 is 0 Å². The molecule has 2 N–H and O–H groups in total. The predicted molar refractivity (Wildman–Crippen MR) is 141 cm³/mol. The highest BCUT2D eigenvalue weighted by Crippen LogP contribution is 2.27. The van der Waals surface area contributed by atoms with Gasteiger partial charge in [0.1, 0.15) is 17.3 Å². The molecule has 6 nitrogen and oxygen atoms in total. The van der Waals surface area contributed by atoms with Crippen LogP contribution in [0.4, 0.5) is 15.2 Å². The second kappa shape index (κ2) is 10.4. The van der Waals surface area contributed by atoms with Gasteiger partial charge in [0.15, 0.2) is 5.13 Å². The Morgan fingerprint density at radius 1 is 0.944 bits per heavy atom. The fraction of sp³-hybridized carbons (Fsp3) is 0.0357. The molecule has 178 valence electrons. The molecule has 0 aliphatic carbocycles. The number of rotatable bonds is 7. The van der Waals surface area contributed by atoms with Crippen LogP contribution in [0, 0.1) is 12.7 Å². The van der Waals surface area contributed by atoms with Crippen LogP contribution in [-0.4, -0.2) is 17.1 Å². The zero-order valence-corrected chi connectivity index (χ0v) is 20.1. The lowest BCUT2D eigenvalue weighted by atomic mass is 10.1. The highest BCUT2D eigenvalue weighted by atomic mass is 32.1. The summed E-state index contributed by atoms with van der Waals surface area (Å²) in [4.78, 5) is 17.1. The summed E-state index contributed by atoms with van der Waals surface area (Å²) in [5.74, 6) is 0.388. The van der Waals surface area contributed by atoms with E-state index in [1.54, 1.807) is 36.4 Å². The molecule has 0 spiro atoms. The summed E-state index contributed by atoms with van der Waals surface area (Å²) < 4.78 is 18.8. The number of anilines is 2. The fourth-order valence-electron chi connectivity index (χ4n) is 3.43. The zero-order valence-electron chi connectivity index (χ0n) is 19.2. The third kappa shape index (κ3) is 5.56. The molecule has 2 heterocycles. The first kappa shape index (κ1) is 23.2. The van der Waals surface area contributed by atoms with Crippen molar-refractivity contribution in [2.45, 2.75) is 6.92 Å². The molecule has 1 amide bonds. The molecule has 0 atom stereocenters. The summed E-state index contributed by atoms with van der Waals surface area (Å²) in [6, 6.07) is 24.8. The Bertz CT molecular complexity index is 1500. The van der Waals surface area contributed by atoms with Crippen LogP contribution in [-0.2, 0) is 0 Å². The third-order valence-corrected chi connectivity index (χ3v) is 6.12. The molecule has 0 fully saturated rings. The Balaban J connectivity index is 1.18. The number of nitrogens with one attached hydrogen (secondary N) is 2. The Morgan fingerprint density at radius 3 is 2.42 bits per heavy atom. The van der Waals surface area contributed by atoms with E-state index in [1.165, 1.54) is 35.2 Å². The van der Waals surface area contributed by atoms with Gasteiger partial charge in [-0.25, -0.2) is 14.8 Å². The maximum atomic E-state index is 13.1. The van der Waals surface area contributed by atoms with E-state index in [4.69, 9.17) is 4.42 Å². The van der Waals surface area contributed by atoms with Crippen molar-refractivity contribution in [1.29, 1.82) is 0 Å². The van der Waals surface area contributed by atoms with Gasteiger partial charge in [0.05, 0.1) is 11.9 Å². The second-order valence-electron chi connectivity index (χ2n) is 8.01. The number of aryl methyl sites for hydroxylation is 1. The number of halogens is 1. The number of hydrogen-bond acceptors (Lipinski definition) is 6. The lowest BCUT2D eigenvalue weighted by Crippen LogP contribution is -2.17. The largest absolute Gasteiger partial charge is 0.455 e. The molecule has 0 saturated heterocycles. The number of hydrazone groups is 1. The van der Waals surface area contributed by atoms with Crippen molar-refractivity contribution < 1.29 is 13.6 Å². The van der Waals surface area contributed by atoms with E-state index in [-0.39, 0.29) is 11.7 Å². The van der Waals surface area contributed by atoms with Crippen molar-refractivity contribution >= 4 is 34.3 Å². The first-order valence-electron chi connectivity index (χ1n) is 11.1. The van der Waals surface area contributed by atoms with Crippen molar-refractivity contribution in [3.63, 3.8) is 0 Å². The van der Waals surface area contributed by atoms with Crippen LogP contribution in [0.25, 0.3) is 22.6 Å². The molecule has 0 aliphatic heterocycles. The summed E-state index contributed by atoms with van der Waals surface area (Å²) in [6.45, 7) is 2.05. The van der Waals surface area contributed by atoms with E-state index >= 15 is 0 Å². The third-order valence-electron chi connectivity index (χ3n) is 5.36. The van der Waals surface area contributed by atoms with E-state index in [1.807, 2.05) is 48.7 Å². The van der Waals surface area contributed by atoms with E-state index in [9.17, 15) is 9.18 Å². The molecule has 3 aromatic carbocycles. The molecule has 0 aliphatic rings. The van der Waals surface area contributed by atoms with Crippen molar-refractivity contribution in [3.05, 3.63) is 113 Å². The maximum absolute atomic E-state index is 13.1. The monoisotopic (exact) mass is 496 g/mol. The summed E-state index contributed by atoms with van der Waals surface area (Å²) in [7, 11) is 0. The summed E-state index contributed by atoms with van der Waals surface area (Å²) in [5, 5.41) is 10.0. The molecule has 0 saturated carbocycles. The lowest BCUT2D eigenvalue weighted by molar-refractivity contribution is 0.0955. The molecule has 5 aromatic rings. The van der Waals surface area contributed by atoms with Crippen LogP contribution in [0.3, 0.4) is 0 Å². The molecule has 5 rings (SSSR count). The van der Waals surface area contributed by atoms with E-state index in [0.717, 1.165) is 27.6 Å². The van der Waals surface area contributed by atoms with E-state index in [0.29, 0.717) is 17.1 Å². The van der Waals surface area contributed by atoms with Crippen LogP contribution in [0.2, 0.25) is 0 Å². The van der Waals surface area contributed by atoms with Gasteiger partial charge in [-0.2, -0.15) is 5.10 Å². The number of thiazole rings is 1. The van der Waals surface area contributed by atoms with Gasteiger partial charge in [0.25, 0.3) is 5.91 Å². The quantitative estimate of drug-likeness (QED) is 0.187. The van der Waals surface area contributed by atoms with Gasteiger partial charge in [-0.3, -0.25) is 4.79 Å². The summed E-state index contributed by atoms with van der Waals surface area (Å²) in [5.41, 5.74) is 7.63. The Kier molecular flexibility index (Phi) is 6.68. The van der Waals surface area contributed by atoms with Crippen molar-refractivity contribution in [2.24, 2.45) is 5.10 Å². The number of amides is 1. The molecule has 2 aromatic heterocycles. The number of aromatic nitrogens is 1. The summed E-state index contributed by atoms with van der Waals surface area (Å²) >= 11 is 1.52. The fourth-order valence-corrected chi connectivity index (χ4v) is 4.17. The zero-order chi connectivity index (χ0) is 24.9. The number of carbonyl (C=O) groups excluding carboxylic acids is 1. The van der Waals surface area contributed by atoms with E-state index in [2.05, 4.69) is 20.8 Å². The smallest absolute Gasteiger partial charge is 0.271 e. The number of benzene rings is 3. The van der Waals surface area contributed by atoms with Gasteiger partial charge in [-0.1, -0.05) is 29.8 Å². The normalized spacial score (nSPS) is 11.1. The average molecular weight is 497 g/mol. The topological polar surface area (TPSA) is 79.5 Å². The van der Waals surface area contributed by atoms with Crippen LogP contribution in [0.15, 0.2) is 99.8 Å². The minimum Gasteiger partial charge on any atom is -0.455 e. The predicted octanol–water partition coefficient (Wildman–Crippen LogP) is 7.03. The molecule has 36 heavy (non-hydrogen) atoms. The number of nitrogens with zero attached hydrogens (tertiary/aromatic N) is 2. The molecule has 0 unspecified atom stereocenters. The Hall–Kier alpha value is -4.56. The first-order chi connectivity index (χ1) is 17.5. The second-order valence-corrected chi connectivity index (χ2v) is 8.87. The highest BCUT2D eigenvalue weighted by molar-refractivity contribution is 7.14. The number of carbonyl (C=O) groups is 1. The Morgan fingerprint density at radius 2 is 1.67 bits per heavy atom. The summed E-state index contributed by atoms with van der Waals surface area (Å²) in [6.07, 6.45) is 1.41. The molecule has 8 heteroatoms.